The molecule has 0 radical (unpaired) electrons. The smallest absolute Gasteiger partial charge is 0.472 e. The van der Waals surface area contributed by atoms with Crippen molar-refractivity contribution in [3.63, 3.8) is 0 Å². The fourth-order valence-electron chi connectivity index (χ4n) is 1.70. The van der Waals surface area contributed by atoms with Crippen molar-refractivity contribution in [2.75, 3.05) is 19.8 Å². The Morgan fingerprint density at radius 3 is 2.26 bits per heavy atom. The van der Waals surface area contributed by atoms with Crippen molar-refractivity contribution in [1.29, 1.82) is 0 Å². The summed E-state index contributed by atoms with van der Waals surface area (Å²) in [6.07, 6.45) is 1.18. The number of phosphoric ester groups is 1. The summed E-state index contributed by atoms with van der Waals surface area (Å²) in [5, 5.41) is 20.8. The highest BCUT2D eigenvalue weighted by Crippen LogP contribution is 2.43. The number of carboxylic acids is 1. The molecule has 0 saturated carbocycles. The number of carbonyl (C=O) groups is 3. The van der Waals surface area contributed by atoms with Crippen LogP contribution in [0.1, 0.15) is 46.0 Å². The Morgan fingerprint density at radius 2 is 1.70 bits per heavy atom. The first-order valence-corrected chi connectivity index (χ1v) is 10.1. The molecule has 0 aromatic rings. The van der Waals surface area contributed by atoms with E-state index >= 15 is 0 Å². The number of esters is 1. The number of rotatable bonds is 15. The summed E-state index contributed by atoms with van der Waals surface area (Å²) in [5.41, 5.74) is 0. The molecule has 3 unspecified atom stereocenters. The summed E-state index contributed by atoms with van der Waals surface area (Å²) in [6.45, 7) is 1.60. The lowest BCUT2D eigenvalue weighted by Gasteiger charge is -2.18. The number of aliphatic hydroxyl groups is 1. The molecule has 3 atom stereocenters. The summed E-state index contributed by atoms with van der Waals surface area (Å²) in [5.74, 6) is -2.51. The number of unbranched alkanes of at least 4 members (excludes halogenated alkanes) is 2. The number of phosphoric acid groups is 1. The van der Waals surface area contributed by atoms with Crippen LogP contribution in [0.25, 0.3) is 0 Å². The van der Waals surface area contributed by atoms with E-state index in [0.29, 0.717) is 6.42 Å². The molecule has 4 N–H and O–H groups in total. The number of hydrogen-bond acceptors (Lipinski definition) is 8. The van der Waals surface area contributed by atoms with Crippen LogP contribution in [-0.4, -0.2) is 64.9 Å². The quantitative estimate of drug-likeness (QED) is 0.169. The van der Waals surface area contributed by atoms with Crippen LogP contribution in [0.2, 0.25) is 0 Å². The third-order valence-corrected chi connectivity index (χ3v) is 4.15. The molecule has 0 aromatic heterocycles. The zero-order valence-electron chi connectivity index (χ0n) is 15.5. The highest BCUT2D eigenvalue weighted by molar-refractivity contribution is 7.47. The lowest BCUT2D eigenvalue weighted by Crippen LogP contribution is -2.43. The van der Waals surface area contributed by atoms with Gasteiger partial charge in [-0.1, -0.05) is 26.7 Å². The number of carboxylic acid groups (broad SMARTS) is 1. The Balaban J connectivity index is 4.35. The van der Waals surface area contributed by atoms with Gasteiger partial charge in [0.15, 0.2) is 6.04 Å². The predicted octanol–water partition coefficient (Wildman–Crippen LogP) is 0.584. The fraction of sp³-hybridized carbons (Fsp3) is 0.800. The summed E-state index contributed by atoms with van der Waals surface area (Å²) in [6, 6.07) is -1.53. The van der Waals surface area contributed by atoms with Crippen LogP contribution in [0, 0.1) is 0 Å². The van der Waals surface area contributed by atoms with E-state index in [1.165, 1.54) is 0 Å². The molecule has 12 heteroatoms. The van der Waals surface area contributed by atoms with Gasteiger partial charge in [0.2, 0.25) is 5.91 Å². The summed E-state index contributed by atoms with van der Waals surface area (Å²) in [7, 11) is -4.68. The maximum absolute atomic E-state index is 11.7. The van der Waals surface area contributed by atoms with Gasteiger partial charge in [-0.05, 0) is 6.42 Å². The third-order valence-electron chi connectivity index (χ3n) is 3.20. The molecule has 0 aliphatic rings. The standard InChI is InChI=1S/C15H28NO10P/c1-3-5-6-7-13(18)16-12(15(20)21)10-26-27(22,23)25-9-11(17)8-24-14(19)4-2/h11-12,17H,3-10H2,1-2H3,(H,16,18)(H,20,21)(H,22,23). The first-order chi connectivity index (χ1) is 12.6. The highest BCUT2D eigenvalue weighted by atomic mass is 31.2. The van der Waals surface area contributed by atoms with Gasteiger partial charge in [0.05, 0.1) is 13.2 Å². The van der Waals surface area contributed by atoms with E-state index in [2.05, 4.69) is 19.1 Å². The second-order valence-electron chi connectivity index (χ2n) is 5.67. The molecule has 0 rings (SSSR count). The van der Waals surface area contributed by atoms with E-state index in [1.807, 2.05) is 6.92 Å². The Bertz CT molecular complexity index is 527. The van der Waals surface area contributed by atoms with Crippen LogP contribution in [-0.2, 0) is 32.7 Å². The number of aliphatic carboxylic acids is 1. The minimum Gasteiger partial charge on any atom is -0.480 e. The molecular formula is C15H28NO10P. The van der Waals surface area contributed by atoms with Gasteiger partial charge in [-0.15, -0.1) is 0 Å². The van der Waals surface area contributed by atoms with Gasteiger partial charge in [-0.2, -0.15) is 0 Å². The maximum atomic E-state index is 11.7. The van der Waals surface area contributed by atoms with Crippen LogP contribution in [0.15, 0.2) is 0 Å². The van der Waals surface area contributed by atoms with Crippen LogP contribution in [0.3, 0.4) is 0 Å². The van der Waals surface area contributed by atoms with Gasteiger partial charge < -0.3 is 25.2 Å². The van der Waals surface area contributed by atoms with Crippen LogP contribution in [0.4, 0.5) is 0 Å². The Kier molecular flexibility index (Phi) is 12.9. The number of nitrogens with one attached hydrogen (secondary N) is 1. The van der Waals surface area contributed by atoms with Gasteiger partial charge in [-0.25, -0.2) is 9.36 Å². The molecule has 0 saturated heterocycles. The molecule has 0 aromatic carbocycles. The Hall–Kier alpha value is -1.52. The molecule has 1 amide bonds. The predicted molar refractivity (Wildman–Crippen MR) is 92.7 cm³/mol. The number of carbonyl (C=O) groups excluding carboxylic acids is 2. The molecular weight excluding hydrogens is 385 g/mol. The highest BCUT2D eigenvalue weighted by Gasteiger charge is 2.28. The van der Waals surface area contributed by atoms with Gasteiger partial charge in [-0.3, -0.25) is 18.6 Å². The Labute approximate surface area is 157 Å². The SMILES string of the molecule is CCCCCC(=O)NC(COP(=O)(O)OCC(O)COC(=O)CC)C(=O)O. The van der Waals surface area contributed by atoms with Crippen molar-refractivity contribution in [2.45, 2.75) is 58.1 Å². The minimum absolute atomic E-state index is 0.107. The zero-order chi connectivity index (χ0) is 20.9. The molecule has 158 valence electrons. The van der Waals surface area contributed by atoms with Gasteiger partial charge in [0.1, 0.15) is 12.7 Å². The van der Waals surface area contributed by atoms with E-state index in [0.717, 1.165) is 12.8 Å². The van der Waals surface area contributed by atoms with Gasteiger partial charge >= 0.3 is 19.8 Å². The summed E-state index contributed by atoms with van der Waals surface area (Å²) < 4.78 is 25.4. The number of aliphatic hydroxyl groups excluding tert-OH is 1. The van der Waals surface area contributed by atoms with Crippen molar-refractivity contribution in [2.24, 2.45) is 0 Å². The normalized spacial score (nSPS) is 15.4. The van der Waals surface area contributed by atoms with Crippen molar-refractivity contribution in [3.8, 4) is 0 Å². The summed E-state index contributed by atoms with van der Waals surface area (Å²) in [4.78, 5) is 43.2. The molecule has 27 heavy (non-hydrogen) atoms. The van der Waals surface area contributed by atoms with Crippen molar-refractivity contribution in [3.05, 3.63) is 0 Å². The van der Waals surface area contributed by atoms with Gasteiger partial charge in [0, 0.05) is 12.8 Å². The summed E-state index contributed by atoms with van der Waals surface area (Å²) >= 11 is 0. The van der Waals surface area contributed by atoms with E-state index in [9.17, 15) is 28.9 Å². The lowest BCUT2D eigenvalue weighted by atomic mass is 10.2. The first kappa shape index (κ1) is 25.5. The maximum Gasteiger partial charge on any atom is 0.472 e. The molecule has 11 nitrogen and oxygen atoms in total. The first-order valence-electron chi connectivity index (χ1n) is 8.59. The molecule has 0 bridgehead atoms. The number of ether oxygens (including phenoxy) is 1. The number of hydrogen-bond donors (Lipinski definition) is 4. The van der Waals surface area contributed by atoms with E-state index < -0.39 is 57.6 Å². The van der Waals surface area contributed by atoms with Crippen LogP contribution >= 0.6 is 7.82 Å². The Morgan fingerprint density at radius 1 is 1.07 bits per heavy atom. The largest absolute Gasteiger partial charge is 0.480 e. The second kappa shape index (κ2) is 13.6. The molecule has 0 spiro atoms. The average Bonchev–Trinajstić information content (AvgIpc) is 2.61. The zero-order valence-corrected chi connectivity index (χ0v) is 16.4. The van der Waals surface area contributed by atoms with Crippen molar-refractivity contribution < 1.29 is 47.8 Å². The molecule has 0 aliphatic carbocycles. The van der Waals surface area contributed by atoms with Gasteiger partial charge in [0.25, 0.3) is 0 Å². The average molecular weight is 413 g/mol. The topological polar surface area (TPSA) is 169 Å². The third kappa shape index (κ3) is 13.3. The van der Waals surface area contributed by atoms with Crippen LogP contribution in [0.5, 0.6) is 0 Å². The molecule has 0 aliphatic heterocycles. The van der Waals surface area contributed by atoms with Crippen molar-refractivity contribution in [1.82, 2.24) is 5.32 Å². The molecule has 0 heterocycles. The second-order valence-corrected chi connectivity index (χ2v) is 7.12. The van der Waals surface area contributed by atoms with E-state index in [-0.39, 0.29) is 12.8 Å². The number of amides is 1. The van der Waals surface area contributed by atoms with Crippen molar-refractivity contribution >= 4 is 25.7 Å². The lowest BCUT2D eigenvalue weighted by molar-refractivity contribution is -0.146. The van der Waals surface area contributed by atoms with E-state index in [1.54, 1.807) is 6.92 Å². The molecule has 0 fully saturated rings. The monoisotopic (exact) mass is 413 g/mol. The fourth-order valence-corrected chi connectivity index (χ4v) is 2.47. The van der Waals surface area contributed by atoms with Crippen LogP contribution < -0.4 is 5.32 Å². The minimum atomic E-state index is -4.68. The van der Waals surface area contributed by atoms with E-state index in [4.69, 9.17) is 5.11 Å².